The Hall–Kier alpha value is -3.22. The molecule has 0 aliphatic carbocycles. The second kappa shape index (κ2) is 10.1. The number of nitrogens with zero attached hydrogens (tertiary/aromatic N) is 1. The van der Waals surface area contributed by atoms with Crippen molar-refractivity contribution in [1.82, 2.24) is 4.98 Å². The summed E-state index contributed by atoms with van der Waals surface area (Å²) >= 11 is 0. The summed E-state index contributed by atoms with van der Waals surface area (Å²) in [6.45, 7) is 0. The van der Waals surface area contributed by atoms with Gasteiger partial charge in [0.05, 0.1) is 26.3 Å². The molecule has 0 saturated heterocycles. The number of carbonyl (C=O) groups is 3. The minimum Gasteiger partial charge on any atom is -0.497 e. The van der Waals surface area contributed by atoms with E-state index in [0.29, 0.717) is 29.2 Å². The maximum atomic E-state index is 12.1. The summed E-state index contributed by atoms with van der Waals surface area (Å²) in [5.74, 6) is 0.403. The van der Waals surface area contributed by atoms with E-state index >= 15 is 0 Å². The van der Waals surface area contributed by atoms with Crippen molar-refractivity contribution < 1.29 is 23.9 Å². The summed E-state index contributed by atoms with van der Waals surface area (Å²) in [4.78, 5) is 39.9. The molecule has 1 aromatic heterocycles. The van der Waals surface area contributed by atoms with Crippen LogP contribution >= 0.6 is 0 Å². The lowest BCUT2D eigenvalue weighted by molar-refractivity contribution is -0.118. The van der Waals surface area contributed by atoms with E-state index in [2.05, 4.69) is 10.3 Å². The minimum atomic E-state index is -0.265. The zero-order valence-electron chi connectivity index (χ0n) is 15.4. The number of carbonyl (C=O) groups excluding carboxylic acids is 3. The highest BCUT2D eigenvalue weighted by Crippen LogP contribution is 2.29. The summed E-state index contributed by atoms with van der Waals surface area (Å²) in [5, 5.41) is 2.75. The molecule has 7 nitrogen and oxygen atoms in total. The van der Waals surface area contributed by atoms with Crippen LogP contribution in [0.15, 0.2) is 42.7 Å². The fraction of sp³-hybridized carbons (Fsp3) is 0.300. The molecule has 2 rings (SSSR count). The van der Waals surface area contributed by atoms with E-state index < -0.39 is 0 Å². The maximum absolute atomic E-state index is 12.1. The molecule has 1 heterocycles. The van der Waals surface area contributed by atoms with Gasteiger partial charge in [0, 0.05) is 36.9 Å². The molecule has 0 aliphatic rings. The Labute approximate surface area is 157 Å². The predicted molar refractivity (Wildman–Crippen MR) is 100 cm³/mol. The number of aromatic nitrogens is 1. The third kappa shape index (κ3) is 6.22. The van der Waals surface area contributed by atoms with Crippen molar-refractivity contribution in [3.05, 3.63) is 48.3 Å². The van der Waals surface area contributed by atoms with Gasteiger partial charge in [-0.05, 0) is 30.7 Å². The Bertz CT molecular complexity index is 805. The molecule has 142 valence electrons. The maximum Gasteiger partial charge on any atom is 0.224 e. The quantitative estimate of drug-likeness (QED) is 0.510. The third-order valence-corrected chi connectivity index (χ3v) is 3.88. The minimum absolute atomic E-state index is 0.160. The normalized spacial score (nSPS) is 10.1. The van der Waals surface area contributed by atoms with Gasteiger partial charge < -0.3 is 14.8 Å². The molecule has 2 aromatic rings. The molecular formula is C20H22N2O5. The fourth-order valence-electron chi connectivity index (χ4n) is 2.47. The van der Waals surface area contributed by atoms with Gasteiger partial charge >= 0.3 is 0 Å². The highest BCUT2D eigenvalue weighted by molar-refractivity contribution is 6.07. The van der Waals surface area contributed by atoms with E-state index in [1.165, 1.54) is 20.4 Å². The molecule has 0 bridgehead atoms. The van der Waals surface area contributed by atoms with Gasteiger partial charge in [-0.2, -0.15) is 0 Å². The van der Waals surface area contributed by atoms with E-state index in [1.807, 2.05) is 0 Å². The first kappa shape index (κ1) is 20.1. The van der Waals surface area contributed by atoms with Crippen molar-refractivity contribution in [2.45, 2.75) is 25.7 Å². The number of amides is 1. The monoisotopic (exact) mass is 370 g/mol. The molecule has 0 aliphatic heterocycles. The molecule has 1 aromatic carbocycles. The third-order valence-electron chi connectivity index (χ3n) is 3.88. The predicted octanol–water partition coefficient (Wildman–Crippen LogP) is 3.05. The highest BCUT2D eigenvalue weighted by atomic mass is 16.5. The summed E-state index contributed by atoms with van der Waals surface area (Å²) in [5.41, 5.74) is 0.911. The van der Waals surface area contributed by atoms with Crippen LogP contribution in [0.4, 0.5) is 5.69 Å². The van der Waals surface area contributed by atoms with Gasteiger partial charge in [0.1, 0.15) is 17.3 Å². The number of methoxy groups -OCH3 is 2. The molecule has 27 heavy (non-hydrogen) atoms. The van der Waals surface area contributed by atoms with Crippen LogP contribution in [0.3, 0.4) is 0 Å². The summed E-state index contributed by atoms with van der Waals surface area (Å²) in [6.07, 6.45) is 3.50. The van der Waals surface area contributed by atoms with Crippen LogP contribution in [-0.2, 0) is 9.59 Å². The molecule has 0 atom stereocenters. The Morgan fingerprint density at radius 2 is 1.89 bits per heavy atom. The molecule has 0 radical (unpaired) electrons. The number of ether oxygens (including phenoxy) is 2. The number of hydrogen-bond donors (Lipinski definition) is 1. The Kier molecular flexibility index (Phi) is 7.49. The van der Waals surface area contributed by atoms with Crippen molar-refractivity contribution in [1.29, 1.82) is 0 Å². The molecule has 7 heteroatoms. The number of rotatable bonds is 10. The van der Waals surface area contributed by atoms with Crippen LogP contribution in [0.25, 0.3) is 0 Å². The van der Waals surface area contributed by atoms with Crippen molar-refractivity contribution in [3.8, 4) is 11.5 Å². The van der Waals surface area contributed by atoms with Crippen molar-refractivity contribution >= 4 is 23.2 Å². The highest BCUT2D eigenvalue weighted by Gasteiger charge is 2.13. The molecule has 1 amide bonds. The number of anilines is 1. The first-order chi connectivity index (χ1) is 13.0. The van der Waals surface area contributed by atoms with Gasteiger partial charge in [0.25, 0.3) is 0 Å². The van der Waals surface area contributed by atoms with E-state index in [0.717, 1.165) is 0 Å². The lowest BCUT2D eigenvalue weighted by Crippen LogP contribution is -2.13. The van der Waals surface area contributed by atoms with Gasteiger partial charge in [-0.3, -0.25) is 19.4 Å². The van der Waals surface area contributed by atoms with E-state index in [4.69, 9.17) is 9.47 Å². The molecular weight excluding hydrogens is 348 g/mol. The number of pyridine rings is 1. The topological polar surface area (TPSA) is 94.6 Å². The zero-order chi connectivity index (χ0) is 19.6. The number of Topliss-reactive ketones (excluding diaryl/α,β-unsaturated/α-hetero) is 2. The Balaban J connectivity index is 1.79. The molecule has 0 saturated carbocycles. The molecule has 0 unspecified atom stereocenters. The van der Waals surface area contributed by atoms with Gasteiger partial charge in [-0.15, -0.1) is 0 Å². The van der Waals surface area contributed by atoms with E-state index in [1.54, 1.807) is 36.5 Å². The van der Waals surface area contributed by atoms with E-state index in [9.17, 15) is 14.4 Å². The SMILES string of the molecule is COc1ccc(OC)c(NC(=O)CCCC(=O)CC(=O)c2cccnc2)c1. The second-order valence-corrected chi connectivity index (χ2v) is 5.85. The Morgan fingerprint density at radius 3 is 2.56 bits per heavy atom. The van der Waals surface area contributed by atoms with Gasteiger partial charge in [-0.1, -0.05) is 0 Å². The number of benzene rings is 1. The van der Waals surface area contributed by atoms with Gasteiger partial charge in [0.15, 0.2) is 5.78 Å². The standard InChI is InChI=1S/C20H22N2O5/c1-26-16-8-9-19(27-2)17(12-16)22-20(25)7-3-6-15(23)11-18(24)14-5-4-10-21-13-14/h4-5,8-10,12-13H,3,6-7,11H2,1-2H3,(H,22,25). The van der Waals surface area contributed by atoms with Crippen molar-refractivity contribution in [2.24, 2.45) is 0 Å². The van der Waals surface area contributed by atoms with Crippen LogP contribution < -0.4 is 14.8 Å². The molecule has 0 fully saturated rings. The van der Waals surface area contributed by atoms with Crippen LogP contribution in [0.5, 0.6) is 11.5 Å². The summed E-state index contributed by atoms with van der Waals surface area (Å²) in [6, 6.07) is 8.36. The van der Waals surface area contributed by atoms with Crippen LogP contribution in [-0.4, -0.2) is 36.7 Å². The number of hydrogen-bond acceptors (Lipinski definition) is 6. The van der Waals surface area contributed by atoms with Crippen LogP contribution in [0, 0.1) is 0 Å². The largest absolute Gasteiger partial charge is 0.497 e. The summed E-state index contributed by atoms with van der Waals surface area (Å²) in [7, 11) is 3.04. The number of nitrogens with one attached hydrogen (secondary N) is 1. The first-order valence-corrected chi connectivity index (χ1v) is 8.50. The average Bonchev–Trinajstić information content (AvgIpc) is 2.68. The van der Waals surface area contributed by atoms with E-state index in [-0.39, 0.29) is 36.7 Å². The van der Waals surface area contributed by atoms with Crippen molar-refractivity contribution in [3.63, 3.8) is 0 Å². The lowest BCUT2D eigenvalue weighted by atomic mass is 10.0. The Morgan fingerprint density at radius 1 is 1.07 bits per heavy atom. The lowest BCUT2D eigenvalue weighted by Gasteiger charge is -2.11. The second-order valence-electron chi connectivity index (χ2n) is 5.85. The van der Waals surface area contributed by atoms with Gasteiger partial charge in [-0.25, -0.2) is 0 Å². The van der Waals surface area contributed by atoms with Crippen molar-refractivity contribution in [2.75, 3.05) is 19.5 Å². The number of ketones is 2. The smallest absolute Gasteiger partial charge is 0.224 e. The fourth-order valence-corrected chi connectivity index (χ4v) is 2.47. The zero-order valence-corrected chi connectivity index (χ0v) is 15.4. The molecule has 1 N–H and O–H groups in total. The molecule has 0 spiro atoms. The summed E-state index contributed by atoms with van der Waals surface area (Å²) < 4.78 is 10.3. The van der Waals surface area contributed by atoms with Crippen LogP contribution in [0.1, 0.15) is 36.0 Å². The average molecular weight is 370 g/mol. The first-order valence-electron chi connectivity index (χ1n) is 8.50. The van der Waals surface area contributed by atoms with Gasteiger partial charge in [0.2, 0.25) is 5.91 Å². The van der Waals surface area contributed by atoms with Crippen LogP contribution in [0.2, 0.25) is 0 Å².